The van der Waals surface area contributed by atoms with Crippen molar-refractivity contribution in [2.75, 3.05) is 0 Å². The highest BCUT2D eigenvalue weighted by atomic mass is 19.1. The summed E-state index contributed by atoms with van der Waals surface area (Å²) in [4.78, 5) is 25.3. The summed E-state index contributed by atoms with van der Waals surface area (Å²) in [6, 6.07) is 13.0. The number of hydrogen-bond donors (Lipinski definition) is 1. The molecule has 0 amide bonds. The average molecular weight is 345 g/mol. The highest BCUT2D eigenvalue weighted by molar-refractivity contribution is 6.07. The van der Waals surface area contributed by atoms with E-state index in [4.69, 9.17) is 0 Å². The van der Waals surface area contributed by atoms with E-state index in [1.54, 1.807) is 12.4 Å². The van der Waals surface area contributed by atoms with E-state index in [9.17, 15) is 14.3 Å². The summed E-state index contributed by atoms with van der Waals surface area (Å²) in [5.74, 6) is -1.85. The molecule has 0 saturated heterocycles. The molecule has 0 atom stereocenters. The van der Waals surface area contributed by atoms with Gasteiger partial charge in [0.2, 0.25) is 5.78 Å². The highest BCUT2D eigenvalue weighted by Gasteiger charge is 2.15. The molecule has 0 saturated carbocycles. The van der Waals surface area contributed by atoms with Crippen molar-refractivity contribution in [2.24, 2.45) is 0 Å². The third-order valence-electron chi connectivity index (χ3n) is 3.96. The van der Waals surface area contributed by atoms with Crippen LogP contribution in [0.3, 0.4) is 0 Å². The van der Waals surface area contributed by atoms with Crippen LogP contribution in [0.2, 0.25) is 0 Å². The Balaban J connectivity index is 1.73. The lowest BCUT2D eigenvalue weighted by Gasteiger charge is -2.05. The molecular weight excluding hydrogens is 333 g/mol. The minimum absolute atomic E-state index is 0.0840. The molecule has 2 aromatic carbocycles. The average Bonchev–Trinajstić information content (AvgIpc) is 2.69. The van der Waals surface area contributed by atoms with Gasteiger partial charge in [0, 0.05) is 22.7 Å². The van der Waals surface area contributed by atoms with Crippen molar-refractivity contribution in [1.29, 1.82) is 0 Å². The molecule has 126 valence electrons. The number of pyridine rings is 1. The fraction of sp³-hybridized carbons (Fsp3) is 0. The van der Waals surface area contributed by atoms with Gasteiger partial charge in [-0.05, 0) is 30.3 Å². The van der Waals surface area contributed by atoms with Gasteiger partial charge in [0.1, 0.15) is 5.69 Å². The molecule has 4 rings (SSSR count). The van der Waals surface area contributed by atoms with Crippen LogP contribution in [0.4, 0.5) is 4.39 Å². The van der Waals surface area contributed by atoms with Crippen molar-refractivity contribution in [3.8, 4) is 17.0 Å². The first kappa shape index (κ1) is 15.8. The Hall–Kier alpha value is -3.67. The van der Waals surface area contributed by atoms with Crippen LogP contribution in [0.1, 0.15) is 16.1 Å². The summed E-state index contributed by atoms with van der Waals surface area (Å²) in [6.07, 6.45) is 4.53. The maximum Gasteiger partial charge on any atom is 0.213 e. The number of hydrogen-bond acceptors (Lipinski definition) is 5. The van der Waals surface area contributed by atoms with E-state index in [2.05, 4.69) is 15.0 Å². The summed E-state index contributed by atoms with van der Waals surface area (Å²) >= 11 is 0. The minimum atomic E-state index is -0.862. The SMILES string of the molecule is O=C(c1ccc(O)c(F)c1)c1cncc(-c2cnc3ccccc3c2)n1. The molecule has 0 unspecified atom stereocenters. The third kappa shape index (κ3) is 2.88. The number of aromatic hydroxyl groups is 1. The molecule has 4 aromatic rings. The number of halogens is 1. The number of rotatable bonds is 3. The lowest BCUT2D eigenvalue weighted by molar-refractivity contribution is 0.103. The Bertz CT molecular complexity index is 1140. The van der Waals surface area contributed by atoms with Gasteiger partial charge >= 0.3 is 0 Å². The number of fused-ring (bicyclic) bond motifs is 1. The quantitative estimate of drug-likeness (QED) is 0.572. The van der Waals surface area contributed by atoms with Crippen LogP contribution in [-0.4, -0.2) is 25.8 Å². The predicted molar refractivity (Wildman–Crippen MR) is 94.3 cm³/mol. The summed E-state index contributed by atoms with van der Waals surface area (Å²) in [7, 11) is 0. The molecule has 0 aliphatic rings. The Morgan fingerprint density at radius 2 is 1.85 bits per heavy atom. The fourth-order valence-corrected chi connectivity index (χ4v) is 2.62. The molecule has 0 aliphatic carbocycles. The first-order chi connectivity index (χ1) is 12.6. The number of ketones is 1. The first-order valence-corrected chi connectivity index (χ1v) is 7.82. The number of para-hydroxylation sites is 1. The number of carbonyl (C=O) groups is 1. The molecule has 1 N–H and O–H groups in total. The van der Waals surface area contributed by atoms with Crippen LogP contribution < -0.4 is 0 Å². The maximum absolute atomic E-state index is 13.5. The van der Waals surface area contributed by atoms with Crippen molar-refractivity contribution in [2.45, 2.75) is 0 Å². The zero-order chi connectivity index (χ0) is 18.1. The van der Waals surface area contributed by atoms with Crippen molar-refractivity contribution in [3.05, 3.63) is 84.2 Å². The van der Waals surface area contributed by atoms with Crippen LogP contribution in [-0.2, 0) is 0 Å². The monoisotopic (exact) mass is 345 g/mol. The molecule has 2 aromatic heterocycles. The van der Waals surface area contributed by atoms with Gasteiger partial charge in [0.05, 0.1) is 23.6 Å². The van der Waals surface area contributed by atoms with E-state index in [1.807, 2.05) is 30.3 Å². The summed E-state index contributed by atoms with van der Waals surface area (Å²) < 4.78 is 13.5. The fourth-order valence-electron chi connectivity index (χ4n) is 2.62. The van der Waals surface area contributed by atoms with E-state index in [1.165, 1.54) is 12.3 Å². The summed E-state index contributed by atoms with van der Waals surface area (Å²) in [6.45, 7) is 0. The topological polar surface area (TPSA) is 76.0 Å². The molecule has 2 heterocycles. The van der Waals surface area contributed by atoms with Gasteiger partial charge in [-0.15, -0.1) is 0 Å². The molecular formula is C20H12FN3O2. The molecule has 26 heavy (non-hydrogen) atoms. The largest absolute Gasteiger partial charge is 0.505 e. The normalized spacial score (nSPS) is 10.8. The number of phenols is 1. The van der Waals surface area contributed by atoms with Gasteiger partial charge in [0.25, 0.3) is 0 Å². The standard InChI is InChI=1S/C20H12FN3O2/c21-15-8-13(5-6-19(15)25)20(26)18-11-22-10-17(24-18)14-7-12-3-1-2-4-16(12)23-9-14/h1-11,25H. The Morgan fingerprint density at radius 3 is 2.69 bits per heavy atom. The molecule has 5 nitrogen and oxygen atoms in total. The predicted octanol–water partition coefficient (Wildman–Crippen LogP) is 3.77. The Labute approximate surface area is 147 Å². The number of aromatic nitrogens is 3. The van der Waals surface area contributed by atoms with Crippen molar-refractivity contribution in [3.63, 3.8) is 0 Å². The van der Waals surface area contributed by atoms with Crippen LogP contribution in [0.15, 0.2) is 67.1 Å². The van der Waals surface area contributed by atoms with Crippen LogP contribution in [0.5, 0.6) is 5.75 Å². The smallest absolute Gasteiger partial charge is 0.213 e. The second-order valence-electron chi connectivity index (χ2n) is 5.70. The van der Waals surface area contributed by atoms with E-state index in [-0.39, 0.29) is 11.3 Å². The summed E-state index contributed by atoms with van der Waals surface area (Å²) in [5, 5.41) is 10.2. The second kappa shape index (κ2) is 6.33. The third-order valence-corrected chi connectivity index (χ3v) is 3.96. The van der Waals surface area contributed by atoms with E-state index in [0.29, 0.717) is 5.69 Å². The number of carbonyl (C=O) groups excluding carboxylic acids is 1. The minimum Gasteiger partial charge on any atom is -0.505 e. The lowest BCUT2D eigenvalue weighted by atomic mass is 10.1. The van der Waals surface area contributed by atoms with Crippen molar-refractivity contribution < 1.29 is 14.3 Å². The van der Waals surface area contributed by atoms with E-state index in [0.717, 1.165) is 28.6 Å². The maximum atomic E-state index is 13.5. The Morgan fingerprint density at radius 1 is 1.00 bits per heavy atom. The van der Waals surface area contributed by atoms with Crippen LogP contribution >= 0.6 is 0 Å². The Kier molecular flexibility index (Phi) is 3.85. The van der Waals surface area contributed by atoms with Crippen molar-refractivity contribution in [1.82, 2.24) is 15.0 Å². The molecule has 0 aliphatic heterocycles. The van der Waals surface area contributed by atoms with Gasteiger partial charge in [-0.2, -0.15) is 0 Å². The molecule has 0 fully saturated rings. The van der Waals surface area contributed by atoms with Crippen LogP contribution in [0, 0.1) is 5.82 Å². The second-order valence-corrected chi connectivity index (χ2v) is 5.70. The molecule has 0 radical (unpaired) electrons. The summed E-state index contributed by atoms with van der Waals surface area (Å²) in [5.41, 5.74) is 2.25. The van der Waals surface area contributed by atoms with E-state index >= 15 is 0 Å². The first-order valence-electron chi connectivity index (χ1n) is 7.82. The molecule has 0 bridgehead atoms. The van der Waals surface area contributed by atoms with Crippen LogP contribution in [0.25, 0.3) is 22.2 Å². The number of phenolic OH excluding ortho intramolecular Hbond substituents is 1. The van der Waals surface area contributed by atoms with E-state index < -0.39 is 17.3 Å². The van der Waals surface area contributed by atoms with Gasteiger partial charge < -0.3 is 5.11 Å². The number of nitrogens with zero attached hydrogens (tertiary/aromatic N) is 3. The zero-order valence-corrected chi connectivity index (χ0v) is 13.4. The number of benzene rings is 2. The van der Waals surface area contributed by atoms with Gasteiger partial charge in [-0.3, -0.25) is 14.8 Å². The molecule has 6 heteroatoms. The highest BCUT2D eigenvalue weighted by Crippen LogP contribution is 2.22. The van der Waals surface area contributed by atoms with Gasteiger partial charge in [0.15, 0.2) is 11.6 Å². The molecule has 0 spiro atoms. The van der Waals surface area contributed by atoms with Gasteiger partial charge in [-0.1, -0.05) is 18.2 Å². The van der Waals surface area contributed by atoms with Crippen molar-refractivity contribution >= 4 is 16.7 Å². The zero-order valence-electron chi connectivity index (χ0n) is 13.4. The lowest BCUT2D eigenvalue weighted by Crippen LogP contribution is -2.06. The van der Waals surface area contributed by atoms with Gasteiger partial charge in [-0.25, -0.2) is 9.37 Å².